The number of benzene rings is 3. The van der Waals surface area contributed by atoms with Gasteiger partial charge in [-0.15, -0.1) is 0 Å². The van der Waals surface area contributed by atoms with Crippen LogP contribution in [-0.4, -0.2) is 24.7 Å². The maximum atomic E-state index is 12.2. The number of nitrogens with zero attached hydrogens (tertiary/aromatic N) is 1. The van der Waals surface area contributed by atoms with E-state index in [2.05, 4.69) is 24.4 Å². The zero-order valence-electron chi connectivity index (χ0n) is 19.3. The normalized spacial score (nSPS) is 10.9. The van der Waals surface area contributed by atoms with Crippen molar-refractivity contribution in [3.05, 3.63) is 94.5 Å². The quantitative estimate of drug-likeness (QED) is 0.225. The first-order valence-electron chi connectivity index (χ1n) is 10.8. The van der Waals surface area contributed by atoms with Crippen LogP contribution in [0.2, 0.25) is 0 Å². The van der Waals surface area contributed by atoms with Gasteiger partial charge in [0, 0.05) is 0 Å². The van der Waals surface area contributed by atoms with Gasteiger partial charge in [0.25, 0.3) is 5.91 Å². The van der Waals surface area contributed by atoms with E-state index in [1.54, 1.807) is 36.4 Å². The fourth-order valence-corrected chi connectivity index (χ4v) is 3.08. The molecule has 0 radical (unpaired) electrons. The maximum absolute atomic E-state index is 12.2. The topological polar surface area (TPSA) is 77.0 Å². The third-order valence-electron chi connectivity index (χ3n) is 4.93. The molecule has 0 bridgehead atoms. The first-order valence-corrected chi connectivity index (χ1v) is 10.8. The Morgan fingerprint density at radius 1 is 0.939 bits per heavy atom. The van der Waals surface area contributed by atoms with Crippen LogP contribution in [-0.2, 0) is 4.79 Å². The number of hydrogen-bond acceptors (Lipinski definition) is 5. The summed E-state index contributed by atoms with van der Waals surface area (Å²) in [6, 6.07) is 20.0. The summed E-state index contributed by atoms with van der Waals surface area (Å²) in [4.78, 5) is 24.3. The highest BCUT2D eigenvalue weighted by Gasteiger charge is 2.10. The molecule has 0 aliphatic heterocycles. The molecule has 3 aromatic rings. The maximum Gasteiger partial charge on any atom is 0.343 e. The zero-order chi connectivity index (χ0) is 23.8. The van der Waals surface area contributed by atoms with Gasteiger partial charge in [-0.25, -0.2) is 10.2 Å². The van der Waals surface area contributed by atoms with Gasteiger partial charge in [0.2, 0.25) is 0 Å². The molecule has 3 rings (SSSR count). The lowest BCUT2D eigenvalue weighted by molar-refractivity contribution is -0.123. The predicted molar refractivity (Wildman–Crippen MR) is 129 cm³/mol. The van der Waals surface area contributed by atoms with E-state index in [0.717, 1.165) is 22.3 Å². The van der Waals surface area contributed by atoms with Crippen LogP contribution in [0.5, 0.6) is 11.5 Å². The average Bonchev–Trinajstić information content (AvgIpc) is 2.79. The van der Waals surface area contributed by atoms with Crippen LogP contribution < -0.4 is 14.9 Å². The Balaban J connectivity index is 1.49. The van der Waals surface area contributed by atoms with Crippen LogP contribution >= 0.6 is 0 Å². The number of ether oxygens (including phenoxy) is 2. The number of carbonyl (C=O) groups is 2. The molecular formula is C27H28N2O4. The third-order valence-corrected chi connectivity index (χ3v) is 4.93. The summed E-state index contributed by atoms with van der Waals surface area (Å²) in [7, 11) is 0. The van der Waals surface area contributed by atoms with Gasteiger partial charge in [-0.05, 0) is 78.9 Å². The Morgan fingerprint density at radius 2 is 1.61 bits per heavy atom. The molecule has 6 heteroatoms. The van der Waals surface area contributed by atoms with Crippen LogP contribution in [0.3, 0.4) is 0 Å². The summed E-state index contributed by atoms with van der Waals surface area (Å²) in [6.45, 7) is 7.97. The first-order chi connectivity index (χ1) is 15.8. The lowest BCUT2D eigenvalue weighted by atomic mass is 10.0. The number of nitrogens with one attached hydrogen (secondary N) is 1. The number of hydrazone groups is 1. The number of rotatable bonds is 8. The third kappa shape index (κ3) is 7.04. The minimum absolute atomic E-state index is 0.131. The molecule has 0 fully saturated rings. The van der Waals surface area contributed by atoms with Crippen LogP contribution in [0.15, 0.2) is 71.8 Å². The second-order valence-corrected chi connectivity index (χ2v) is 8.10. The molecule has 170 valence electrons. The fourth-order valence-electron chi connectivity index (χ4n) is 3.08. The molecular weight excluding hydrogens is 416 g/mol. The number of esters is 1. The van der Waals surface area contributed by atoms with Gasteiger partial charge in [-0.3, -0.25) is 4.79 Å². The van der Waals surface area contributed by atoms with E-state index in [4.69, 9.17) is 9.47 Å². The van der Waals surface area contributed by atoms with Gasteiger partial charge in [-0.1, -0.05) is 43.7 Å². The van der Waals surface area contributed by atoms with Crippen molar-refractivity contribution in [3.8, 4) is 11.5 Å². The molecule has 3 aromatic carbocycles. The number of aryl methyl sites for hydroxylation is 2. The smallest absolute Gasteiger partial charge is 0.343 e. The van der Waals surface area contributed by atoms with E-state index in [1.165, 1.54) is 6.21 Å². The van der Waals surface area contributed by atoms with E-state index in [0.29, 0.717) is 23.0 Å². The van der Waals surface area contributed by atoms with E-state index >= 15 is 0 Å². The van der Waals surface area contributed by atoms with Gasteiger partial charge in [-0.2, -0.15) is 5.10 Å². The molecule has 6 nitrogen and oxygen atoms in total. The number of amides is 1. The highest BCUT2D eigenvalue weighted by Crippen LogP contribution is 2.27. The van der Waals surface area contributed by atoms with Gasteiger partial charge >= 0.3 is 5.97 Å². The molecule has 0 atom stereocenters. The number of hydrogen-bond donors (Lipinski definition) is 1. The number of carbonyl (C=O) groups excluding carboxylic acids is 2. The SMILES string of the molecule is Cc1ccc(C(=O)Oc2ccc(/C=N\NC(=O)COc3cc(C)ccc3C(C)C)cc2)cc1. The summed E-state index contributed by atoms with van der Waals surface area (Å²) in [5.74, 6) is 0.652. The van der Waals surface area contributed by atoms with Crippen LogP contribution in [0.1, 0.15) is 52.4 Å². The summed E-state index contributed by atoms with van der Waals surface area (Å²) >= 11 is 0. The lowest BCUT2D eigenvalue weighted by Gasteiger charge is -2.14. The molecule has 1 N–H and O–H groups in total. The molecule has 0 unspecified atom stereocenters. The molecule has 1 amide bonds. The molecule has 0 aliphatic rings. The Hall–Kier alpha value is -3.93. The van der Waals surface area contributed by atoms with Crippen molar-refractivity contribution in [3.63, 3.8) is 0 Å². The average molecular weight is 445 g/mol. The minimum Gasteiger partial charge on any atom is -0.483 e. The van der Waals surface area contributed by atoms with Crippen LogP contribution in [0.4, 0.5) is 0 Å². The molecule has 33 heavy (non-hydrogen) atoms. The van der Waals surface area contributed by atoms with Crippen molar-refractivity contribution in [1.29, 1.82) is 0 Å². The Morgan fingerprint density at radius 3 is 2.27 bits per heavy atom. The van der Waals surface area contributed by atoms with Crippen molar-refractivity contribution in [2.45, 2.75) is 33.6 Å². The highest BCUT2D eigenvalue weighted by atomic mass is 16.5. The minimum atomic E-state index is -0.419. The Bertz CT molecular complexity index is 1130. The fraction of sp³-hybridized carbons (Fsp3) is 0.222. The second-order valence-electron chi connectivity index (χ2n) is 8.10. The Labute approximate surface area is 194 Å². The molecule has 0 saturated heterocycles. The van der Waals surface area contributed by atoms with Gasteiger partial charge in [0.1, 0.15) is 11.5 Å². The van der Waals surface area contributed by atoms with Crippen molar-refractivity contribution in [1.82, 2.24) is 5.43 Å². The molecule has 0 saturated carbocycles. The monoisotopic (exact) mass is 444 g/mol. The van der Waals surface area contributed by atoms with E-state index in [9.17, 15) is 9.59 Å². The summed E-state index contributed by atoms with van der Waals surface area (Å²) in [5.41, 5.74) is 6.89. The van der Waals surface area contributed by atoms with Crippen LogP contribution in [0.25, 0.3) is 0 Å². The van der Waals surface area contributed by atoms with E-state index < -0.39 is 5.97 Å². The molecule has 0 heterocycles. The zero-order valence-corrected chi connectivity index (χ0v) is 19.3. The van der Waals surface area contributed by atoms with Crippen LogP contribution in [0, 0.1) is 13.8 Å². The molecule has 0 aromatic heterocycles. The van der Waals surface area contributed by atoms with E-state index in [1.807, 2.05) is 44.2 Å². The predicted octanol–water partition coefficient (Wildman–Crippen LogP) is 5.18. The van der Waals surface area contributed by atoms with Crippen molar-refractivity contribution in [2.75, 3.05) is 6.61 Å². The highest BCUT2D eigenvalue weighted by molar-refractivity contribution is 5.91. The van der Waals surface area contributed by atoms with Crippen molar-refractivity contribution in [2.24, 2.45) is 5.10 Å². The first kappa shape index (κ1) is 23.7. The summed E-state index contributed by atoms with van der Waals surface area (Å²) < 4.78 is 11.1. The molecule has 0 spiro atoms. The second kappa shape index (κ2) is 11.1. The van der Waals surface area contributed by atoms with Gasteiger partial charge < -0.3 is 9.47 Å². The van der Waals surface area contributed by atoms with Gasteiger partial charge in [0.15, 0.2) is 6.61 Å². The van der Waals surface area contributed by atoms with Crippen molar-refractivity contribution >= 4 is 18.1 Å². The Kier molecular flexibility index (Phi) is 7.97. The lowest BCUT2D eigenvalue weighted by Crippen LogP contribution is -2.25. The largest absolute Gasteiger partial charge is 0.483 e. The van der Waals surface area contributed by atoms with Gasteiger partial charge in [0.05, 0.1) is 11.8 Å². The summed E-state index contributed by atoms with van der Waals surface area (Å²) in [6.07, 6.45) is 1.51. The van der Waals surface area contributed by atoms with Crippen molar-refractivity contribution < 1.29 is 19.1 Å². The summed E-state index contributed by atoms with van der Waals surface area (Å²) in [5, 5.41) is 3.96. The van der Waals surface area contributed by atoms with E-state index in [-0.39, 0.29) is 12.5 Å². The molecule has 0 aliphatic carbocycles. The standard InChI is InChI=1S/C27H28N2O4/c1-18(2)24-14-7-20(4)15-25(24)32-17-26(30)29-28-16-21-8-12-23(13-9-21)33-27(31)22-10-5-19(3)6-11-22/h5-16,18H,17H2,1-4H3,(H,29,30)/b28-16-.